The standard InChI is InChI=1S/C30H27N7O2/c1-19-14-27(33-34(19)2)37-13-12-36-26(30(37)39)16-25-24(9-10-32-29(25)36)22-15-21(17-31-18-22)20-5-7-23(8-6-20)35-11-3-4-28(35)38/h5-10,14-18H,3-4,11-13H2,1-2H3. The molecule has 0 unspecified atom stereocenters. The van der Waals surface area contributed by atoms with Gasteiger partial charge in [0.15, 0.2) is 5.82 Å². The van der Waals surface area contributed by atoms with E-state index in [1.54, 1.807) is 15.8 Å². The molecule has 2 aliphatic rings. The van der Waals surface area contributed by atoms with E-state index < -0.39 is 0 Å². The molecule has 7 rings (SSSR count). The van der Waals surface area contributed by atoms with Crippen molar-refractivity contribution < 1.29 is 9.59 Å². The van der Waals surface area contributed by atoms with Crippen molar-refractivity contribution in [1.82, 2.24) is 24.3 Å². The molecule has 9 heteroatoms. The third-order valence-corrected chi connectivity index (χ3v) is 7.82. The number of benzene rings is 1. The third kappa shape index (κ3) is 3.80. The lowest BCUT2D eigenvalue weighted by atomic mass is 10.0. The van der Waals surface area contributed by atoms with Crippen molar-refractivity contribution in [2.24, 2.45) is 7.05 Å². The van der Waals surface area contributed by atoms with Crippen molar-refractivity contribution in [2.75, 3.05) is 22.9 Å². The predicted octanol–water partition coefficient (Wildman–Crippen LogP) is 4.59. The predicted molar refractivity (Wildman–Crippen MR) is 150 cm³/mol. The van der Waals surface area contributed by atoms with Crippen LogP contribution in [0.1, 0.15) is 29.0 Å². The zero-order chi connectivity index (χ0) is 26.7. The van der Waals surface area contributed by atoms with Crippen LogP contribution in [0.2, 0.25) is 0 Å². The van der Waals surface area contributed by atoms with Crippen LogP contribution < -0.4 is 9.80 Å². The number of carbonyl (C=O) groups excluding carboxylic acids is 2. The van der Waals surface area contributed by atoms with Crippen LogP contribution in [0.5, 0.6) is 0 Å². The normalized spacial score (nSPS) is 15.4. The Hall–Kier alpha value is -4.79. The van der Waals surface area contributed by atoms with Crippen LogP contribution in [0.4, 0.5) is 11.5 Å². The Morgan fingerprint density at radius 3 is 2.41 bits per heavy atom. The number of nitrogens with zero attached hydrogens (tertiary/aromatic N) is 7. The van der Waals surface area contributed by atoms with E-state index in [-0.39, 0.29) is 11.8 Å². The van der Waals surface area contributed by atoms with Gasteiger partial charge in [0, 0.05) is 85.7 Å². The van der Waals surface area contributed by atoms with Crippen molar-refractivity contribution >= 4 is 34.4 Å². The molecule has 1 aromatic carbocycles. The smallest absolute Gasteiger partial charge is 0.276 e. The molecule has 0 bridgehead atoms. The molecule has 0 spiro atoms. The van der Waals surface area contributed by atoms with Crippen LogP contribution in [-0.4, -0.2) is 49.2 Å². The van der Waals surface area contributed by atoms with E-state index in [0.717, 1.165) is 57.6 Å². The largest absolute Gasteiger partial charge is 0.319 e. The average Bonchev–Trinajstić information content (AvgIpc) is 3.66. The fourth-order valence-corrected chi connectivity index (χ4v) is 5.64. The van der Waals surface area contributed by atoms with Gasteiger partial charge in [-0.15, -0.1) is 0 Å². The van der Waals surface area contributed by atoms with Crippen LogP contribution in [0, 0.1) is 6.92 Å². The molecule has 39 heavy (non-hydrogen) atoms. The Morgan fingerprint density at radius 2 is 1.67 bits per heavy atom. The topological polar surface area (TPSA) is 89.2 Å². The van der Waals surface area contributed by atoms with Crippen LogP contribution in [0.25, 0.3) is 33.3 Å². The lowest BCUT2D eigenvalue weighted by molar-refractivity contribution is -0.117. The quantitative estimate of drug-likeness (QED) is 0.348. The molecule has 1 saturated heterocycles. The van der Waals surface area contributed by atoms with Crippen molar-refractivity contribution in [3.05, 3.63) is 78.5 Å². The maximum atomic E-state index is 13.5. The lowest BCUT2D eigenvalue weighted by Gasteiger charge is -2.26. The number of hydrogen-bond acceptors (Lipinski definition) is 5. The fourth-order valence-electron chi connectivity index (χ4n) is 5.64. The highest BCUT2D eigenvalue weighted by Gasteiger charge is 2.30. The third-order valence-electron chi connectivity index (χ3n) is 7.82. The molecule has 0 atom stereocenters. The molecule has 2 aliphatic heterocycles. The Labute approximate surface area is 225 Å². The van der Waals surface area contributed by atoms with Crippen LogP contribution in [-0.2, 0) is 18.4 Å². The summed E-state index contributed by atoms with van der Waals surface area (Å²) in [5.41, 5.74) is 7.26. The molecule has 5 aromatic rings. The molecule has 1 fully saturated rings. The first-order valence-corrected chi connectivity index (χ1v) is 13.1. The molecule has 6 heterocycles. The Kier molecular flexibility index (Phi) is 5.33. The number of pyridine rings is 2. The molecule has 2 amide bonds. The monoisotopic (exact) mass is 517 g/mol. The highest BCUT2D eigenvalue weighted by molar-refractivity contribution is 6.09. The molecular weight excluding hydrogens is 490 g/mol. The number of carbonyl (C=O) groups is 2. The lowest BCUT2D eigenvalue weighted by Crippen LogP contribution is -2.40. The van der Waals surface area contributed by atoms with Crippen molar-refractivity contribution in [1.29, 1.82) is 0 Å². The summed E-state index contributed by atoms with van der Waals surface area (Å²) in [5.74, 6) is 0.772. The number of amides is 2. The Morgan fingerprint density at radius 1 is 0.846 bits per heavy atom. The van der Waals surface area contributed by atoms with Gasteiger partial charge in [-0.3, -0.25) is 24.2 Å². The molecule has 0 saturated carbocycles. The summed E-state index contributed by atoms with van der Waals surface area (Å²) in [7, 11) is 1.88. The molecule has 194 valence electrons. The van der Waals surface area contributed by atoms with Gasteiger partial charge in [0.1, 0.15) is 11.3 Å². The van der Waals surface area contributed by atoms with Gasteiger partial charge in [-0.05, 0) is 54.8 Å². The number of anilines is 2. The second kappa shape index (κ2) is 8.90. The highest BCUT2D eigenvalue weighted by atomic mass is 16.2. The van der Waals surface area contributed by atoms with Gasteiger partial charge in [0.05, 0.1) is 0 Å². The maximum absolute atomic E-state index is 13.5. The first kappa shape index (κ1) is 23.3. The zero-order valence-electron chi connectivity index (χ0n) is 21.8. The van der Waals surface area contributed by atoms with Gasteiger partial charge < -0.3 is 9.47 Å². The highest BCUT2D eigenvalue weighted by Crippen LogP contribution is 2.34. The Balaban J connectivity index is 1.24. The van der Waals surface area contributed by atoms with Gasteiger partial charge in [-0.1, -0.05) is 12.1 Å². The van der Waals surface area contributed by atoms with E-state index in [1.807, 2.05) is 78.3 Å². The summed E-state index contributed by atoms with van der Waals surface area (Å²) in [6, 6.07) is 16.0. The summed E-state index contributed by atoms with van der Waals surface area (Å²) in [4.78, 5) is 38.4. The summed E-state index contributed by atoms with van der Waals surface area (Å²) in [6.07, 6.45) is 7.00. The SMILES string of the molecule is Cc1cc(N2CCn3c(cc4c(-c5cncc(-c6ccc(N7CCCC7=O)cc6)c5)ccnc43)C2=O)nn1C. The summed E-state index contributed by atoms with van der Waals surface area (Å²) >= 11 is 0. The van der Waals surface area contributed by atoms with Gasteiger partial charge in [0.2, 0.25) is 5.91 Å². The van der Waals surface area contributed by atoms with E-state index in [2.05, 4.69) is 21.1 Å². The Bertz CT molecular complexity index is 1750. The number of aryl methyl sites for hydroxylation is 2. The van der Waals surface area contributed by atoms with E-state index in [1.165, 1.54) is 0 Å². The van der Waals surface area contributed by atoms with E-state index in [4.69, 9.17) is 0 Å². The molecule has 0 aliphatic carbocycles. The van der Waals surface area contributed by atoms with Gasteiger partial charge >= 0.3 is 0 Å². The van der Waals surface area contributed by atoms with Crippen molar-refractivity contribution in [3.8, 4) is 22.3 Å². The summed E-state index contributed by atoms with van der Waals surface area (Å²) in [6.45, 7) is 3.93. The van der Waals surface area contributed by atoms with Gasteiger partial charge in [0.25, 0.3) is 5.91 Å². The molecule has 9 nitrogen and oxygen atoms in total. The first-order chi connectivity index (χ1) is 19.0. The van der Waals surface area contributed by atoms with Crippen molar-refractivity contribution in [3.63, 3.8) is 0 Å². The molecular formula is C30H27N7O2. The minimum Gasteiger partial charge on any atom is -0.319 e. The summed E-state index contributed by atoms with van der Waals surface area (Å²) in [5, 5.41) is 5.43. The molecule has 4 aromatic heterocycles. The number of hydrogen-bond donors (Lipinski definition) is 0. The van der Waals surface area contributed by atoms with Crippen LogP contribution in [0.15, 0.2) is 67.1 Å². The fraction of sp³-hybridized carbons (Fsp3) is 0.233. The van der Waals surface area contributed by atoms with Gasteiger partial charge in [-0.2, -0.15) is 5.10 Å². The second-order valence-corrected chi connectivity index (χ2v) is 10.2. The summed E-state index contributed by atoms with van der Waals surface area (Å²) < 4.78 is 3.79. The van der Waals surface area contributed by atoms with Crippen LogP contribution in [0.3, 0.4) is 0 Å². The number of fused-ring (bicyclic) bond motifs is 3. The maximum Gasteiger partial charge on any atom is 0.276 e. The molecule has 0 N–H and O–H groups in total. The van der Waals surface area contributed by atoms with Crippen molar-refractivity contribution in [2.45, 2.75) is 26.3 Å². The second-order valence-electron chi connectivity index (χ2n) is 10.2. The zero-order valence-corrected chi connectivity index (χ0v) is 21.8. The van der Waals surface area contributed by atoms with Gasteiger partial charge in [-0.25, -0.2) is 4.98 Å². The number of aromatic nitrogens is 5. The van der Waals surface area contributed by atoms with E-state index in [9.17, 15) is 9.59 Å². The molecule has 0 radical (unpaired) electrons. The van der Waals surface area contributed by atoms with Crippen LogP contribution >= 0.6 is 0 Å². The van der Waals surface area contributed by atoms with E-state index >= 15 is 0 Å². The average molecular weight is 518 g/mol. The van der Waals surface area contributed by atoms with E-state index in [0.29, 0.717) is 31.0 Å². The number of rotatable bonds is 4. The first-order valence-electron chi connectivity index (χ1n) is 13.1. The minimum absolute atomic E-state index is 0.0771. The minimum atomic E-state index is -0.0771.